The van der Waals surface area contributed by atoms with Gasteiger partial charge in [-0.3, -0.25) is 4.79 Å². The standard InChI is InChI=1S/C12H15NO2/c1-9(14)6-7-11-4-3-5-12(8-11)13-10(2)15/h3-5,8H,6-7H2,1-2H3,(H,13,15). The maximum atomic E-state index is 10.8. The van der Waals surface area contributed by atoms with Crippen LogP contribution < -0.4 is 5.32 Å². The molecule has 0 spiro atoms. The van der Waals surface area contributed by atoms with E-state index in [1.165, 1.54) is 6.92 Å². The number of ketones is 1. The van der Waals surface area contributed by atoms with Gasteiger partial charge in [-0.25, -0.2) is 0 Å². The van der Waals surface area contributed by atoms with Crippen LogP contribution >= 0.6 is 0 Å². The molecule has 15 heavy (non-hydrogen) atoms. The summed E-state index contributed by atoms with van der Waals surface area (Å²) in [5, 5.41) is 2.71. The van der Waals surface area contributed by atoms with Crippen molar-refractivity contribution in [2.75, 3.05) is 5.32 Å². The van der Waals surface area contributed by atoms with E-state index in [1.807, 2.05) is 24.3 Å². The quantitative estimate of drug-likeness (QED) is 0.818. The molecule has 0 radical (unpaired) electrons. The van der Waals surface area contributed by atoms with Crippen LogP contribution in [0.2, 0.25) is 0 Å². The van der Waals surface area contributed by atoms with Gasteiger partial charge in [0.1, 0.15) is 5.78 Å². The smallest absolute Gasteiger partial charge is 0.221 e. The van der Waals surface area contributed by atoms with E-state index in [0.29, 0.717) is 6.42 Å². The molecule has 1 amide bonds. The predicted octanol–water partition coefficient (Wildman–Crippen LogP) is 2.17. The normalized spacial score (nSPS) is 9.73. The zero-order chi connectivity index (χ0) is 11.3. The first-order valence-electron chi connectivity index (χ1n) is 4.94. The molecule has 1 N–H and O–H groups in total. The first-order valence-corrected chi connectivity index (χ1v) is 4.94. The van der Waals surface area contributed by atoms with Crippen LogP contribution in [0.15, 0.2) is 24.3 Å². The van der Waals surface area contributed by atoms with Gasteiger partial charge in [0.15, 0.2) is 0 Å². The fourth-order valence-electron chi connectivity index (χ4n) is 1.33. The molecule has 0 unspecified atom stereocenters. The first kappa shape index (κ1) is 11.4. The summed E-state index contributed by atoms with van der Waals surface area (Å²) in [7, 11) is 0. The van der Waals surface area contributed by atoms with Gasteiger partial charge in [0, 0.05) is 19.0 Å². The van der Waals surface area contributed by atoms with Crippen molar-refractivity contribution < 1.29 is 9.59 Å². The van der Waals surface area contributed by atoms with Gasteiger partial charge in [-0.1, -0.05) is 12.1 Å². The summed E-state index contributed by atoms with van der Waals surface area (Å²) in [4.78, 5) is 21.6. The van der Waals surface area contributed by atoms with Crippen molar-refractivity contribution in [1.29, 1.82) is 0 Å². The monoisotopic (exact) mass is 205 g/mol. The Morgan fingerprint density at radius 3 is 2.60 bits per heavy atom. The Balaban J connectivity index is 2.65. The molecule has 0 fully saturated rings. The first-order chi connectivity index (χ1) is 7.08. The molecule has 0 saturated heterocycles. The van der Waals surface area contributed by atoms with E-state index in [4.69, 9.17) is 0 Å². The van der Waals surface area contributed by atoms with Crippen LogP contribution in [-0.2, 0) is 16.0 Å². The lowest BCUT2D eigenvalue weighted by Crippen LogP contribution is -2.06. The number of nitrogens with one attached hydrogen (secondary N) is 1. The lowest BCUT2D eigenvalue weighted by molar-refractivity contribution is -0.117. The molecule has 0 aliphatic heterocycles. The third-order valence-corrected chi connectivity index (χ3v) is 2.01. The molecule has 0 aliphatic carbocycles. The molecule has 3 heteroatoms. The van der Waals surface area contributed by atoms with Gasteiger partial charge in [0.25, 0.3) is 0 Å². The minimum Gasteiger partial charge on any atom is -0.326 e. The van der Waals surface area contributed by atoms with Gasteiger partial charge in [-0.15, -0.1) is 0 Å². The highest BCUT2D eigenvalue weighted by atomic mass is 16.1. The average Bonchev–Trinajstić information content (AvgIpc) is 2.14. The summed E-state index contributed by atoms with van der Waals surface area (Å²) in [6.45, 7) is 3.06. The van der Waals surface area contributed by atoms with E-state index in [9.17, 15) is 9.59 Å². The molecule has 0 atom stereocenters. The number of hydrogen-bond acceptors (Lipinski definition) is 2. The number of rotatable bonds is 4. The van der Waals surface area contributed by atoms with Crippen LogP contribution in [0, 0.1) is 0 Å². The number of Topliss-reactive ketones (excluding diaryl/α,β-unsaturated/α-hetero) is 1. The van der Waals surface area contributed by atoms with Crippen molar-refractivity contribution in [2.24, 2.45) is 0 Å². The van der Waals surface area contributed by atoms with E-state index >= 15 is 0 Å². The lowest BCUT2D eigenvalue weighted by Gasteiger charge is -2.04. The number of aryl methyl sites for hydroxylation is 1. The number of amides is 1. The highest BCUT2D eigenvalue weighted by Crippen LogP contribution is 2.12. The molecule has 0 aliphatic rings. The fraction of sp³-hybridized carbons (Fsp3) is 0.333. The Labute approximate surface area is 89.5 Å². The summed E-state index contributed by atoms with van der Waals surface area (Å²) in [6.07, 6.45) is 1.27. The SMILES string of the molecule is CC(=O)CCc1cccc(NC(C)=O)c1. The van der Waals surface area contributed by atoms with E-state index in [1.54, 1.807) is 6.92 Å². The molecule has 1 aromatic rings. The molecule has 1 aromatic carbocycles. The molecule has 0 saturated carbocycles. The number of hydrogen-bond donors (Lipinski definition) is 1. The fourth-order valence-corrected chi connectivity index (χ4v) is 1.33. The molecular weight excluding hydrogens is 190 g/mol. The Bertz CT molecular complexity index is 372. The van der Waals surface area contributed by atoms with Gasteiger partial charge in [0.05, 0.1) is 0 Å². The highest BCUT2D eigenvalue weighted by Gasteiger charge is 1.99. The van der Waals surface area contributed by atoms with E-state index in [-0.39, 0.29) is 11.7 Å². The Hall–Kier alpha value is -1.64. The molecular formula is C12H15NO2. The zero-order valence-corrected chi connectivity index (χ0v) is 9.04. The van der Waals surface area contributed by atoms with Gasteiger partial charge in [-0.2, -0.15) is 0 Å². The number of carbonyl (C=O) groups is 2. The minimum absolute atomic E-state index is 0.0845. The maximum absolute atomic E-state index is 10.8. The van der Waals surface area contributed by atoms with Crippen molar-refractivity contribution in [3.05, 3.63) is 29.8 Å². The van der Waals surface area contributed by atoms with Crippen molar-refractivity contribution in [2.45, 2.75) is 26.7 Å². The van der Waals surface area contributed by atoms with E-state index in [2.05, 4.69) is 5.32 Å². The van der Waals surface area contributed by atoms with Crippen LogP contribution in [0.4, 0.5) is 5.69 Å². The Morgan fingerprint density at radius 2 is 2.00 bits per heavy atom. The molecule has 0 aromatic heterocycles. The largest absolute Gasteiger partial charge is 0.326 e. The molecule has 3 nitrogen and oxygen atoms in total. The van der Waals surface area contributed by atoms with Crippen LogP contribution in [0.5, 0.6) is 0 Å². The number of carbonyl (C=O) groups excluding carboxylic acids is 2. The summed E-state index contributed by atoms with van der Waals surface area (Å²) in [6, 6.07) is 7.55. The highest BCUT2D eigenvalue weighted by molar-refractivity contribution is 5.88. The summed E-state index contributed by atoms with van der Waals surface area (Å²) in [5.41, 5.74) is 1.85. The molecule has 1 rings (SSSR count). The Kier molecular flexibility index (Phi) is 4.03. The van der Waals surface area contributed by atoms with Crippen LogP contribution in [0.3, 0.4) is 0 Å². The predicted molar refractivity (Wildman–Crippen MR) is 59.7 cm³/mol. The average molecular weight is 205 g/mol. The third kappa shape index (κ3) is 4.40. The van der Waals surface area contributed by atoms with Crippen molar-refractivity contribution in [3.63, 3.8) is 0 Å². The Morgan fingerprint density at radius 1 is 1.27 bits per heavy atom. The summed E-state index contributed by atoms with van der Waals surface area (Å²) in [5.74, 6) is 0.0960. The van der Waals surface area contributed by atoms with Gasteiger partial charge >= 0.3 is 0 Å². The van der Waals surface area contributed by atoms with Crippen molar-refractivity contribution >= 4 is 17.4 Å². The molecule has 0 heterocycles. The van der Waals surface area contributed by atoms with Gasteiger partial charge in [0.2, 0.25) is 5.91 Å². The second-order valence-electron chi connectivity index (χ2n) is 3.58. The minimum atomic E-state index is -0.0845. The van der Waals surface area contributed by atoms with E-state index in [0.717, 1.165) is 17.7 Å². The third-order valence-electron chi connectivity index (χ3n) is 2.01. The number of benzene rings is 1. The molecule has 80 valence electrons. The second-order valence-corrected chi connectivity index (χ2v) is 3.58. The second kappa shape index (κ2) is 5.29. The summed E-state index contributed by atoms with van der Waals surface area (Å²) < 4.78 is 0. The van der Waals surface area contributed by atoms with Crippen LogP contribution in [-0.4, -0.2) is 11.7 Å². The van der Waals surface area contributed by atoms with Crippen LogP contribution in [0.1, 0.15) is 25.8 Å². The van der Waals surface area contributed by atoms with Crippen molar-refractivity contribution in [3.8, 4) is 0 Å². The van der Waals surface area contributed by atoms with Crippen molar-refractivity contribution in [1.82, 2.24) is 0 Å². The van der Waals surface area contributed by atoms with Gasteiger partial charge in [-0.05, 0) is 31.0 Å². The molecule has 0 bridgehead atoms. The lowest BCUT2D eigenvalue weighted by atomic mass is 10.1. The number of anilines is 1. The van der Waals surface area contributed by atoms with Gasteiger partial charge < -0.3 is 10.1 Å². The topological polar surface area (TPSA) is 46.2 Å². The van der Waals surface area contributed by atoms with Crippen LogP contribution in [0.25, 0.3) is 0 Å². The maximum Gasteiger partial charge on any atom is 0.221 e. The van der Waals surface area contributed by atoms with E-state index < -0.39 is 0 Å². The zero-order valence-electron chi connectivity index (χ0n) is 9.04. The summed E-state index contributed by atoms with van der Waals surface area (Å²) >= 11 is 0.